The Morgan fingerprint density at radius 1 is 1.50 bits per heavy atom. The lowest BCUT2D eigenvalue weighted by molar-refractivity contribution is -0.101. The van der Waals surface area contributed by atoms with Crippen molar-refractivity contribution in [2.45, 2.75) is 26.1 Å². The summed E-state index contributed by atoms with van der Waals surface area (Å²) in [6.45, 7) is 2.20. The molecule has 110 valence electrons. The summed E-state index contributed by atoms with van der Waals surface area (Å²) >= 11 is 0. The molecule has 0 saturated heterocycles. The minimum atomic E-state index is -1.07. The Hall–Kier alpha value is -1.66. The van der Waals surface area contributed by atoms with Crippen LogP contribution in [-0.4, -0.2) is 46.3 Å². The first kappa shape index (κ1) is 14.7. The molecule has 0 aromatic carbocycles. The average Bonchev–Trinajstić information content (AvgIpc) is 2.71. The SMILES string of the molecule is CCOC(O)c1nn(C)c2c1CC/C(=C\N(C)C)C2=O. The van der Waals surface area contributed by atoms with Crippen LogP contribution in [0.2, 0.25) is 0 Å². The lowest BCUT2D eigenvalue weighted by Gasteiger charge is -2.18. The molecule has 1 N–H and O–H groups in total. The van der Waals surface area contributed by atoms with Crippen LogP contribution in [0.3, 0.4) is 0 Å². The van der Waals surface area contributed by atoms with Crippen molar-refractivity contribution in [1.29, 1.82) is 0 Å². The predicted octanol–water partition coefficient (Wildman–Crippen LogP) is 1.02. The number of carbonyl (C=O) groups excluding carboxylic acids is 1. The second-order valence-electron chi connectivity index (χ2n) is 5.09. The van der Waals surface area contributed by atoms with E-state index in [9.17, 15) is 9.90 Å². The number of Topliss-reactive ketones (excluding diaryl/α,β-unsaturated/α-hetero) is 1. The van der Waals surface area contributed by atoms with Crippen LogP contribution < -0.4 is 0 Å². The van der Waals surface area contributed by atoms with Crippen molar-refractivity contribution in [1.82, 2.24) is 14.7 Å². The summed E-state index contributed by atoms with van der Waals surface area (Å²) in [6.07, 6.45) is 2.12. The van der Waals surface area contributed by atoms with E-state index in [-0.39, 0.29) is 5.78 Å². The van der Waals surface area contributed by atoms with Gasteiger partial charge in [-0.05, 0) is 19.8 Å². The van der Waals surface area contributed by atoms with E-state index in [1.165, 1.54) is 4.68 Å². The minimum Gasteiger partial charge on any atom is -0.383 e. The van der Waals surface area contributed by atoms with E-state index in [2.05, 4.69) is 5.10 Å². The predicted molar refractivity (Wildman–Crippen MR) is 74.2 cm³/mol. The summed E-state index contributed by atoms with van der Waals surface area (Å²) in [6, 6.07) is 0. The van der Waals surface area contributed by atoms with Crippen LogP contribution in [0.1, 0.15) is 41.4 Å². The van der Waals surface area contributed by atoms with Crippen molar-refractivity contribution in [3.05, 3.63) is 28.7 Å². The van der Waals surface area contributed by atoms with E-state index in [1.807, 2.05) is 32.1 Å². The largest absolute Gasteiger partial charge is 0.383 e. The topological polar surface area (TPSA) is 67.6 Å². The fraction of sp³-hybridized carbons (Fsp3) is 0.571. The molecule has 0 fully saturated rings. The first-order valence-corrected chi connectivity index (χ1v) is 6.73. The zero-order valence-corrected chi connectivity index (χ0v) is 12.4. The average molecular weight is 279 g/mol. The molecule has 0 aliphatic heterocycles. The summed E-state index contributed by atoms with van der Waals surface area (Å²) in [5, 5.41) is 14.2. The highest BCUT2D eigenvalue weighted by Crippen LogP contribution is 2.30. The number of hydrogen-bond donors (Lipinski definition) is 1. The van der Waals surface area contributed by atoms with E-state index in [0.717, 1.165) is 11.1 Å². The van der Waals surface area contributed by atoms with Crippen LogP contribution in [0.25, 0.3) is 0 Å². The number of rotatable bonds is 4. The lowest BCUT2D eigenvalue weighted by Crippen LogP contribution is -2.19. The Bertz CT molecular complexity index is 546. The van der Waals surface area contributed by atoms with Gasteiger partial charge in [0, 0.05) is 45.1 Å². The number of aliphatic hydroxyl groups is 1. The van der Waals surface area contributed by atoms with E-state index in [0.29, 0.717) is 30.8 Å². The zero-order chi connectivity index (χ0) is 14.9. The molecule has 0 saturated carbocycles. The van der Waals surface area contributed by atoms with Gasteiger partial charge in [0.05, 0.1) is 0 Å². The van der Waals surface area contributed by atoms with Gasteiger partial charge in [0.25, 0.3) is 0 Å². The number of hydrogen-bond acceptors (Lipinski definition) is 5. The lowest BCUT2D eigenvalue weighted by atomic mass is 9.90. The van der Waals surface area contributed by atoms with Crippen molar-refractivity contribution in [2.24, 2.45) is 7.05 Å². The van der Waals surface area contributed by atoms with Gasteiger partial charge in [0.15, 0.2) is 0 Å². The number of aromatic nitrogens is 2. The summed E-state index contributed by atoms with van der Waals surface area (Å²) < 4.78 is 6.72. The highest BCUT2D eigenvalue weighted by molar-refractivity contribution is 6.09. The second-order valence-corrected chi connectivity index (χ2v) is 5.09. The molecule has 1 aromatic heterocycles. The van der Waals surface area contributed by atoms with Crippen molar-refractivity contribution in [3.63, 3.8) is 0 Å². The molecule has 1 unspecified atom stereocenters. The maximum Gasteiger partial charge on any atom is 0.208 e. The van der Waals surface area contributed by atoms with Gasteiger partial charge >= 0.3 is 0 Å². The van der Waals surface area contributed by atoms with Crippen LogP contribution in [0.15, 0.2) is 11.8 Å². The van der Waals surface area contributed by atoms with E-state index in [1.54, 1.807) is 7.05 Å². The number of carbonyl (C=O) groups is 1. The molecule has 1 atom stereocenters. The number of aliphatic hydroxyl groups excluding tert-OH is 1. The van der Waals surface area contributed by atoms with Gasteiger partial charge < -0.3 is 14.7 Å². The van der Waals surface area contributed by atoms with Gasteiger partial charge in [0.2, 0.25) is 12.1 Å². The normalized spacial score (nSPS) is 18.2. The van der Waals surface area contributed by atoms with Gasteiger partial charge in [0.1, 0.15) is 11.4 Å². The smallest absolute Gasteiger partial charge is 0.208 e. The molecular formula is C14H21N3O3. The molecule has 1 heterocycles. The van der Waals surface area contributed by atoms with Crippen molar-refractivity contribution < 1.29 is 14.6 Å². The minimum absolute atomic E-state index is 0.0232. The van der Waals surface area contributed by atoms with Crippen LogP contribution in [0.5, 0.6) is 0 Å². The molecule has 0 spiro atoms. The monoisotopic (exact) mass is 279 g/mol. The van der Waals surface area contributed by atoms with Crippen molar-refractivity contribution in [3.8, 4) is 0 Å². The number of ketones is 1. The van der Waals surface area contributed by atoms with E-state index >= 15 is 0 Å². The number of ether oxygens (including phenoxy) is 1. The molecule has 0 radical (unpaired) electrons. The molecule has 1 aliphatic carbocycles. The van der Waals surface area contributed by atoms with E-state index < -0.39 is 6.29 Å². The van der Waals surface area contributed by atoms with E-state index in [4.69, 9.17) is 4.74 Å². The van der Waals surface area contributed by atoms with Gasteiger partial charge in [-0.3, -0.25) is 9.48 Å². The Morgan fingerprint density at radius 2 is 2.20 bits per heavy atom. The molecular weight excluding hydrogens is 258 g/mol. The maximum atomic E-state index is 12.5. The van der Waals surface area contributed by atoms with Crippen LogP contribution in [0, 0.1) is 0 Å². The molecule has 1 aliphatic rings. The Kier molecular flexibility index (Phi) is 4.25. The number of allylic oxidation sites excluding steroid dienone is 1. The molecule has 0 amide bonds. The summed E-state index contributed by atoms with van der Waals surface area (Å²) in [5.41, 5.74) is 2.58. The molecule has 2 rings (SSSR count). The highest BCUT2D eigenvalue weighted by atomic mass is 16.6. The second kappa shape index (κ2) is 5.76. The fourth-order valence-corrected chi connectivity index (χ4v) is 2.51. The number of aryl methyl sites for hydroxylation is 1. The number of fused-ring (bicyclic) bond motifs is 1. The Labute approximate surface area is 118 Å². The van der Waals surface area contributed by atoms with Gasteiger partial charge in [-0.25, -0.2) is 0 Å². The Morgan fingerprint density at radius 3 is 2.80 bits per heavy atom. The fourth-order valence-electron chi connectivity index (χ4n) is 2.51. The maximum absolute atomic E-state index is 12.5. The summed E-state index contributed by atoms with van der Waals surface area (Å²) in [7, 11) is 5.50. The molecule has 6 heteroatoms. The quantitative estimate of drug-likeness (QED) is 0.658. The Balaban J connectivity index is 2.40. The van der Waals surface area contributed by atoms with Crippen molar-refractivity contribution in [2.75, 3.05) is 20.7 Å². The molecule has 20 heavy (non-hydrogen) atoms. The van der Waals surface area contributed by atoms with Crippen LogP contribution in [-0.2, 0) is 18.2 Å². The van der Waals surface area contributed by atoms with Crippen molar-refractivity contribution >= 4 is 5.78 Å². The molecule has 6 nitrogen and oxygen atoms in total. The van der Waals surface area contributed by atoms with Gasteiger partial charge in [-0.15, -0.1) is 0 Å². The van der Waals surface area contributed by atoms with Gasteiger partial charge in [-0.1, -0.05) is 0 Å². The standard InChI is InChI=1S/C14H21N3O3/c1-5-20-14(19)11-10-7-6-9(8-16(2)3)13(18)12(10)17(4)15-11/h8,14,19H,5-7H2,1-4H3/b9-8+. The molecule has 1 aromatic rings. The zero-order valence-electron chi connectivity index (χ0n) is 12.4. The summed E-state index contributed by atoms with van der Waals surface area (Å²) in [4.78, 5) is 14.4. The molecule has 0 bridgehead atoms. The van der Waals surface area contributed by atoms with Crippen LogP contribution in [0.4, 0.5) is 0 Å². The third-order valence-electron chi connectivity index (χ3n) is 3.30. The number of nitrogens with zero attached hydrogens (tertiary/aromatic N) is 3. The first-order chi connectivity index (χ1) is 9.45. The first-order valence-electron chi connectivity index (χ1n) is 6.73. The van der Waals surface area contributed by atoms with Crippen LogP contribution >= 0.6 is 0 Å². The third kappa shape index (κ3) is 2.62. The van der Waals surface area contributed by atoms with Gasteiger partial charge in [-0.2, -0.15) is 5.10 Å². The third-order valence-corrected chi connectivity index (χ3v) is 3.30. The highest BCUT2D eigenvalue weighted by Gasteiger charge is 2.31. The summed E-state index contributed by atoms with van der Waals surface area (Å²) in [5.74, 6) is -0.0232.